The van der Waals surface area contributed by atoms with E-state index in [0.717, 1.165) is 0 Å². The summed E-state index contributed by atoms with van der Waals surface area (Å²) in [6, 6.07) is 0. The second kappa shape index (κ2) is 9.92. The third-order valence-corrected chi connectivity index (χ3v) is 13.6. The molecule has 46 heavy (non-hydrogen) atoms. The van der Waals surface area contributed by atoms with Crippen LogP contribution in [0.2, 0.25) is 0 Å². The van der Waals surface area contributed by atoms with E-state index < -0.39 is 58.3 Å². The predicted molar refractivity (Wildman–Crippen MR) is 161 cm³/mol. The third-order valence-electron chi connectivity index (χ3n) is 13.6. The number of fused-ring (bicyclic) bond motifs is 7. The van der Waals surface area contributed by atoms with E-state index in [2.05, 4.69) is 0 Å². The van der Waals surface area contributed by atoms with Gasteiger partial charge in [0.15, 0.2) is 5.79 Å². The van der Waals surface area contributed by atoms with E-state index in [1.54, 1.807) is 0 Å². The van der Waals surface area contributed by atoms with E-state index in [4.69, 9.17) is 18.9 Å². The van der Waals surface area contributed by atoms with E-state index >= 15 is 0 Å². The summed E-state index contributed by atoms with van der Waals surface area (Å²) in [5, 5.41) is 0. The minimum absolute atomic E-state index is 0.0406. The van der Waals surface area contributed by atoms with Gasteiger partial charge in [-0.05, 0) is 74.1 Å². The van der Waals surface area contributed by atoms with E-state index in [0.29, 0.717) is 51.6 Å². The number of carbonyl (C=O) groups excluding carboxylic acids is 5. The zero-order valence-electron chi connectivity index (χ0n) is 27.9. The van der Waals surface area contributed by atoms with Crippen molar-refractivity contribution in [3.05, 3.63) is 0 Å². The molecule has 13 atom stereocenters. The lowest BCUT2D eigenvalue weighted by molar-refractivity contribution is -0.219. The second-order valence-electron chi connectivity index (χ2n) is 16.8. The first kappa shape index (κ1) is 31.1. The monoisotopic (exact) mass is 640 g/mol. The van der Waals surface area contributed by atoms with Crippen LogP contribution < -0.4 is 0 Å². The van der Waals surface area contributed by atoms with Crippen molar-refractivity contribution >= 4 is 29.3 Å². The maximum absolute atomic E-state index is 14.8. The molecule has 3 saturated heterocycles. The molecule has 5 aliphatic carbocycles. The summed E-state index contributed by atoms with van der Waals surface area (Å²) in [6.45, 7) is 4.75. The van der Waals surface area contributed by atoms with Gasteiger partial charge in [-0.15, -0.1) is 0 Å². The summed E-state index contributed by atoms with van der Waals surface area (Å²) < 4.78 is 26.8. The Hall–Kier alpha value is -2.21. The number of nitrogens with zero attached hydrogens (tertiary/aromatic N) is 2. The number of ether oxygens (including phenoxy) is 4. The Bertz CT molecular complexity index is 1410. The molecule has 8 rings (SSSR count). The first-order valence-electron chi connectivity index (χ1n) is 17.4. The molecule has 3 unspecified atom stereocenters. The van der Waals surface area contributed by atoms with Gasteiger partial charge in [0.1, 0.15) is 40.8 Å². The molecule has 5 saturated carbocycles. The van der Waals surface area contributed by atoms with Gasteiger partial charge < -0.3 is 28.7 Å². The summed E-state index contributed by atoms with van der Waals surface area (Å²) in [6.07, 6.45) is 1.84. The minimum atomic E-state index is -1.22. The quantitative estimate of drug-likeness (QED) is 0.419. The molecular weight excluding hydrogens is 592 g/mol. The van der Waals surface area contributed by atoms with Crippen LogP contribution in [0.1, 0.15) is 65.2 Å². The van der Waals surface area contributed by atoms with E-state index in [1.165, 1.54) is 0 Å². The second-order valence-corrected chi connectivity index (χ2v) is 16.8. The molecule has 0 aromatic carbocycles. The highest BCUT2D eigenvalue weighted by Gasteiger charge is 2.89. The molecule has 0 N–H and O–H groups in total. The Morgan fingerprint density at radius 1 is 0.717 bits per heavy atom. The molecular formula is C35H48N2O9. The molecule has 8 aliphatic rings. The zero-order chi connectivity index (χ0) is 32.7. The number of esters is 2. The van der Waals surface area contributed by atoms with Crippen molar-refractivity contribution in [1.82, 2.24) is 9.80 Å². The van der Waals surface area contributed by atoms with E-state index in [-0.39, 0.29) is 65.8 Å². The van der Waals surface area contributed by atoms with Crippen LogP contribution in [0.25, 0.3) is 0 Å². The number of ketones is 3. The van der Waals surface area contributed by atoms with Crippen LogP contribution >= 0.6 is 0 Å². The van der Waals surface area contributed by atoms with Crippen LogP contribution in [0.3, 0.4) is 0 Å². The fraction of sp³-hybridized carbons (Fsp3) is 0.857. The smallest absolute Gasteiger partial charge is 0.310 e. The van der Waals surface area contributed by atoms with Crippen LogP contribution in [-0.2, 0) is 42.9 Å². The maximum Gasteiger partial charge on any atom is 0.310 e. The Labute approximate surface area is 270 Å². The standard InChI is InChI=1S/C35H48N2O9/c1-32(2)45-34-12-11-33(25(40)13-19-23(38)9-7-17-21(15-36(3)4)30(41)43-28(17)26(19)33)35(34,46-32)14-20-24(39)10-8-18-22(16-37(5)6)31(42)44-29(18)27(20)34/h17-22,26-29H,7-16H2,1-6H3/t17-,18-,19-,20-,21?,22?,26?,27-,28-,29-,33+,34-,35-/m0/s1. The molecule has 1 spiro atoms. The molecule has 8 fully saturated rings. The third kappa shape index (κ3) is 3.77. The fourth-order valence-electron chi connectivity index (χ4n) is 12.5. The Balaban J connectivity index is 1.28. The van der Waals surface area contributed by atoms with Gasteiger partial charge in [-0.1, -0.05) is 0 Å². The van der Waals surface area contributed by atoms with Gasteiger partial charge in [-0.2, -0.15) is 0 Å². The largest absolute Gasteiger partial charge is 0.461 e. The summed E-state index contributed by atoms with van der Waals surface area (Å²) in [5.41, 5.74) is -3.46. The van der Waals surface area contributed by atoms with Crippen LogP contribution in [0.5, 0.6) is 0 Å². The lowest BCUT2D eigenvalue weighted by atomic mass is 9.59. The lowest BCUT2D eigenvalue weighted by Gasteiger charge is -2.48. The molecule has 3 aliphatic heterocycles. The van der Waals surface area contributed by atoms with Gasteiger partial charge in [0.2, 0.25) is 0 Å². The normalized spacial score (nSPS) is 50.2. The first-order valence-corrected chi connectivity index (χ1v) is 17.4. The number of hydrogen-bond donors (Lipinski definition) is 0. The molecule has 11 nitrogen and oxygen atoms in total. The van der Waals surface area contributed by atoms with Gasteiger partial charge in [-0.3, -0.25) is 24.0 Å². The maximum atomic E-state index is 14.8. The molecule has 252 valence electrons. The van der Waals surface area contributed by atoms with Crippen molar-refractivity contribution in [1.29, 1.82) is 0 Å². The van der Waals surface area contributed by atoms with Crippen LogP contribution in [0, 0.1) is 52.8 Å². The number of Topliss-reactive ketones (excluding diaryl/α,β-unsaturated/α-hetero) is 3. The highest BCUT2D eigenvalue weighted by molar-refractivity contribution is 5.98. The number of rotatable bonds is 4. The van der Waals surface area contributed by atoms with Gasteiger partial charge in [0, 0.05) is 67.9 Å². The summed E-state index contributed by atoms with van der Waals surface area (Å²) in [7, 11) is 7.72. The summed E-state index contributed by atoms with van der Waals surface area (Å²) >= 11 is 0. The van der Waals surface area contributed by atoms with Gasteiger partial charge in [-0.25, -0.2) is 0 Å². The fourth-order valence-corrected chi connectivity index (χ4v) is 12.5. The van der Waals surface area contributed by atoms with Crippen LogP contribution in [-0.4, -0.2) is 110 Å². The topological polar surface area (TPSA) is 129 Å². The molecule has 11 heteroatoms. The molecule has 3 heterocycles. The molecule has 0 bridgehead atoms. The van der Waals surface area contributed by atoms with E-state index in [1.807, 2.05) is 51.8 Å². The van der Waals surface area contributed by atoms with Crippen molar-refractivity contribution in [3.8, 4) is 0 Å². The Morgan fingerprint density at radius 3 is 1.83 bits per heavy atom. The van der Waals surface area contributed by atoms with Crippen LogP contribution in [0.4, 0.5) is 0 Å². The average molecular weight is 641 g/mol. The molecule has 0 aromatic rings. The van der Waals surface area contributed by atoms with Gasteiger partial charge >= 0.3 is 11.9 Å². The van der Waals surface area contributed by atoms with Crippen molar-refractivity contribution < 1.29 is 42.9 Å². The van der Waals surface area contributed by atoms with Crippen molar-refractivity contribution in [2.45, 2.75) is 94.4 Å². The molecule has 0 amide bonds. The summed E-state index contributed by atoms with van der Waals surface area (Å²) in [4.78, 5) is 73.7. The minimum Gasteiger partial charge on any atom is -0.461 e. The molecule has 0 aromatic heterocycles. The SMILES string of the molecule is CN(C)CC1C(=O)O[C@@H]2[C@@H]3[C@@H](C[C@@]45OC(C)(C)O[C@@]34CC[C@]53C(=O)C[C@H]4C(=O)CC[C@H]5C(CN(C)C)C(=O)O[C@@H]5C43)C(=O)CC[C@@H]12. The van der Waals surface area contributed by atoms with Crippen molar-refractivity contribution in [2.24, 2.45) is 52.8 Å². The number of hydrogen-bond acceptors (Lipinski definition) is 11. The van der Waals surface area contributed by atoms with Crippen molar-refractivity contribution in [3.63, 3.8) is 0 Å². The Kier molecular flexibility index (Phi) is 6.70. The summed E-state index contributed by atoms with van der Waals surface area (Å²) in [5.74, 6) is -4.68. The average Bonchev–Trinajstić information content (AvgIpc) is 3.67. The highest BCUT2D eigenvalue weighted by atomic mass is 16.8. The van der Waals surface area contributed by atoms with Crippen LogP contribution in [0.15, 0.2) is 0 Å². The number of carbonyl (C=O) groups is 5. The predicted octanol–water partition coefficient (Wildman–Crippen LogP) is 2.03. The Morgan fingerprint density at radius 2 is 1.26 bits per heavy atom. The zero-order valence-corrected chi connectivity index (χ0v) is 27.9. The van der Waals surface area contributed by atoms with Crippen molar-refractivity contribution in [2.75, 3.05) is 41.3 Å². The highest BCUT2D eigenvalue weighted by Crippen LogP contribution is 2.78. The van der Waals surface area contributed by atoms with Gasteiger partial charge in [0.25, 0.3) is 0 Å². The van der Waals surface area contributed by atoms with Gasteiger partial charge in [0.05, 0.1) is 17.3 Å². The lowest BCUT2D eigenvalue weighted by Crippen LogP contribution is -2.62. The molecule has 0 radical (unpaired) electrons. The van der Waals surface area contributed by atoms with E-state index in [9.17, 15) is 24.0 Å². The first-order chi connectivity index (χ1) is 21.7.